The van der Waals surface area contributed by atoms with Gasteiger partial charge in [-0.2, -0.15) is 0 Å². The van der Waals surface area contributed by atoms with Crippen molar-refractivity contribution in [3.05, 3.63) is 0 Å². The van der Waals surface area contributed by atoms with Crippen molar-refractivity contribution in [2.45, 2.75) is 25.8 Å². The monoisotopic (exact) mass is 183 g/mol. The van der Waals surface area contributed by atoms with Crippen molar-refractivity contribution < 1.29 is 44.6 Å². The molecule has 0 aliphatic heterocycles. The third-order valence-corrected chi connectivity index (χ3v) is 1.34. The molecule has 0 unspecified atom stereocenters. The molecule has 0 rings (SSSR count). The predicted molar refractivity (Wildman–Crippen MR) is 38.8 cm³/mol. The van der Waals surface area contributed by atoms with Crippen molar-refractivity contribution in [2.24, 2.45) is 0 Å². The minimum absolute atomic E-state index is 0. The zero-order valence-corrected chi connectivity index (χ0v) is 9.67. The number of carbonyl (C=O) groups is 1. The van der Waals surface area contributed by atoms with Crippen LogP contribution in [0.5, 0.6) is 0 Å². The van der Waals surface area contributed by atoms with E-state index in [1.165, 1.54) is 0 Å². The number of carboxylic acid groups (broad SMARTS) is 1. The van der Waals surface area contributed by atoms with E-state index >= 15 is 0 Å². The Morgan fingerprint density at radius 1 is 1.67 bits per heavy atom. The first-order chi connectivity index (χ1) is 5.22. The fourth-order valence-corrected chi connectivity index (χ4v) is 0.751. The maximum Gasteiger partial charge on any atom is 1.00 e. The second kappa shape index (κ2) is 9.48. The van der Waals surface area contributed by atoms with E-state index in [-0.39, 0.29) is 42.6 Å². The molecule has 0 heterocycles. The number of hydrogen-bond acceptors (Lipinski definition) is 4. The van der Waals surface area contributed by atoms with Crippen LogP contribution in [-0.4, -0.2) is 30.3 Å². The summed E-state index contributed by atoms with van der Waals surface area (Å²) in [6.45, 7) is 2.45. The van der Waals surface area contributed by atoms with Crippen LogP contribution < -0.4 is 40.0 Å². The first-order valence-corrected chi connectivity index (χ1v) is 3.77. The predicted octanol–water partition coefficient (Wildman–Crippen LogP) is -4.51. The van der Waals surface area contributed by atoms with Crippen LogP contribution in [0.1, 0.15) is 19.8 Å². The van der Waals surface area contributed by atoms with Gasteiger partial charge in [0.15, 0.2) is 0 Å². The molecule has 0 bridgehead atoms. The average molecular weight is 183 g/mol. The maximum atomic E-state index is 10.3. The molecule has 0 saturated heterocycles. The molecule has 0 aliphatic carbocycles. The van der Waals surface area contributed by atoms with Crippen LogP contribution in [0.2, 0.25) is 0 Å². The SMILES string of the molecule is CCCN[C@@H](CCO)C(=O)[O-].[Na+]. The number of aliphatic carboxylic acids is 1. The second-order valence-electron chi connectivity index (χ2n) is 2.34. The number of carboxylic acids is 1. The van der Waals surface area contributed by atoms with Crippen molar-refractivity contribution in [3.8, 4) is 0 Å². The van der Waals surface area contributed by atoms with E-state index in [0.29, 0.717) is 6.54 Å². The Balaban J connectivity index is 0. The molecule has 0 aromatic heterocycles. The summed E-state index contributed by atoms with van der Waals surface area (Å²) in [4.78, 5) is 10.3. The number of carbonyl (C=O) groups excluding carboxylic acids is 1. The van der Waals surface area contributed by atoms with Crippen molar-refractivity contribution in [3.63, 3.8) is 0 Å². The first-order valence-electron chi connectivity index (χ1n) is 3.77. The Morgan fingerprint density at radius 3 is 2.58 bits per heavy atom. The average Bonchev–Trinajstić information content (AvgIpc) is 1.97. The standard InChI is InChI=1S/C7H15NO3.Na/c1-2-4-8-6(3-5-9)7(10)11;/h6,8-9H,2-5H2,1H3,(H,10,11);/q;+1/p-1/t6-;/m0./s1. The Morgan fingerprint density at radius 2 is 2.25 bits per heavy atom. The van der Waals surface area contributed by atoms with Crippen molar-refractivity contribution >= 4 is 5.97 Å². The van der Waals surface area contributed by atoms with Crippen LogP contribution in [0.4, 0.5) is 0 Å². The summed E-state index contributed by atoms with van der Waals surface area (Å²) in [5.41, 5.74) is 0. The maximum absolute atomic E-state index is 10.3. The van der Waals surface area contributed by atoms with Gasteiger partial charge in [0.2, 0.25) is 0 Å². The van der Waals surface area contributed by atoms with Crippen LogP contribution in [0.3, 0.4) is 0 Å². The Hall–Kier alpha value is 0.390. The molecule has 0 amide bonds. The van der Waals surface area contributed by atoms with E-state index in [9.17, 15) is 9.90 Å². The zero-order valence-electron chi connectivity index (χ0n) is 7.67. The molecular weight excluding hydrogens is 169 g/mol. The molecule has 0 aromatic rings. The fourth-order valence-electron chi connectivity index (χ4n) is 0.751. The third kappa shape index (κ3) is 7.06. The largest absolute Gasteiger partial charge is 1.00 e. The van der Waals surface area contributed by atoms with Gasteiger partial charge in [-0.3, -0.25) is 0 Å². The normalized spacial score (nSPS) is 11.8. The molecule has 0 fully saturated rings. The summed E-state index contributed by atoms with van der Waals surface area (Å²) in [5.74, 6) is -1.15. The van der Waals surface area contributed by atoms with E-state index in [1.54, 1.807) is 0 Å². The fraction of sp³-hybridized carbons (Fsp3) is 0.857. The van der Waals surface area contributed by atoms with E-state index in [1.807, 2.05) is 6.92 Å². The number of nitrogens with one attached hydrogen (secondary N) is 1. The topological polar surface area (TPSA) is 72.4 Å². The quantitative estimate of drug-likeness (QED) is 0.407. The van der Waals surface area contributed by atoms with Crippen molar-refractivity contribution in [1.82, 2.24) is 5.32 Å². The van der Waals surface area contributed by atoms with Gasteiger partial charge in [-0.05, 0) is 19.4 Å². The number of rotatable bonds is 6. The molecule has 1 atom stereocenters. The minimum Gasteiger partial charge on any atom is -0.548 e. The molecule has 4 nitrogen and oxygen atoms in total. The van der Waals surface area contributed by atoms with E-state index in [0.717, 1.165) is 6.42 Å². The van der Waals surface area contributed by atoms with E-state index < -0.39 is 12.0 Å². The number of hydrogen-bond donors (Lipinski definition) is 2. The summed E-state index contributed by atoms with van der Waals surface area (Å²) in [5, 5.41) is 21.5. The smallest absolute Gasteiger partial charge is 0.548 e. The Bertz CT molecular complexity index is 121. The van der Waals surface area contributed by atoms with Gasteiger partial charge in [0.05, 0.1) is 5.97 Å². The van der Waals surface area contributed by atoms with Crippen LogP contribution >= 0.6 is 0 Å². The van der Waals surface area contributed by atoms with Gasteiger partial charge in [-0.15, -0.1) is 0 Å². The number of aliphatic hydroxyl groups excluding tert-OH is 1. The summed E-state index contributed by atoms with van der Waals surface area (Å²) < 4.78 is 0. The van der Waals surface area contributed by atoms with Crippen molar-refractivity contribution in [1.29, 1.82) is 0 Å². The molecule has 5 heteroatoms. The van der Waals surface area contributed by atoms with Gasteiger partial charge < -0.3 is 20.3 Å². The van der Waals surface area contributed by atoms with E-state index in [2.05, 4.69) is 5.32 Å². The molecule has 0 spiro atoms. The molecule has 0 aromatic carbocycles. The van der Waals surface area contributed by atoms with Gasteiger partial charge in [0.25, 0.3) is 0 Å². The van der Waals surface area contributed by atoms with Gasteiger partial charge in [-0.1, -0.05) is 6.92 Å². The van der Waals surface area contributed by atoms with Crippen molar-refractivity contribution in [2.75, 3.05) is 13.2 Å². The summed E-state index contributed by atoms with van der Waals surface area (Å²) in [7, 11) is 0. The van der Waals surface area contributed by atoms with Crippen LogP contribution in [0, 0.1) is 0 Å². The van der Waals surface area contributed by atoms with Crippen LogP contribution in [-0.2, 0) is 4.79 Å². The van der Waals surface area contributed by atoms with E-state index in [4.69, 9.17) is 5.11 Å². The van der Waals surface area contributed by atoms with Crippen LogP contribution in [0.25, 0.3) is 0 Å². The molecule has 0 radical (unpaired) electrons. The second-order valence-corrected chi connectivity index (χ2v) is 2.34. The minimum atomic E-state index is -1.15. The molecule has 2 N–H and O–H groups in total. The summed E-state index contributed by atoms with van der Waals surface area (Å²) >= 11 is 0. The first kappa shape index (κ1) is 14.9. The summed E-state index contributed by atoms with van der Waals surface area (Å²) in [6, 6.07) is -0.708. The molecule has 0 saturated carbocycles. The van der Waals surface area contributed by atoms with Crippen LogP contribution in [0.15, 0.2) is 0 Å². The van der Waals surface area contributed by atoms with Gasteiger partial charge in [0.1, 0.15) is 0 Å². The van der Waals surface area contributed by atoms with Gasteiger partial charge in [-0.25, -0.2) is 0 Å². The zero-order chi connectivity index (χ0) is 8.69. The number of aliphatic hydroxyl groups is 1. The van der Waals surface area contributed by atoms with Gasteiger partial charge >= 0.3 is 29.6 Å². The molecule has 0 aliphatic rings. The Kier molecular flexibility index (Phi) is 11.8. The molecule has 66 valence electrons. The summed E-state index contributed by atoms with van der Waals surface area (Å²) in [6.07, 6.45) is 1.08. The van der Waals surface area contributed by atoms with Gasteiger partial charge in [0, 0.05) is 12.6 Å². The molecular formula is C7H14NNaO3. The Labute approximate surface area is 94.6 Å². The third-order valence-electron chi connectivity index (χ3n) is 1.34. The molecule has 12 heavy (non-hydrogen) atoms.